The van der Waals surface area contributed by atoms with Gasteiger partial charge in [-0.1, -0.05) is 40.9 Å². The lowest BCUT2D eigenvalue weighted by molar-refractivity contribution is -0.154. The Morgan fingerprint density at radius 1 is 0.920 bits per heavy atom. The molecule has 142 valence electrons. The van der Waals surface area contributed by atoms with Crippen LogP contribution in [-0.4, -0.2) is 33.8 Å². The number of hydrogen-bond acceptors (Lipinski definition) is 2. The smallest absolute Gasteiger partial charge is 0.249 e. The van der Waals surface area contributed by atoms with E-state index in [1.165, 1.54) is 0 Å². The lowest BCUT2D eigenvalue weighted by atomic mass is 9.68. The van der Waals surface area contributed by atoms with Crippen LogP contribution in [0, 0.1) is 0 Å². The van der Waals surface area contributed by atoms with E-state index in [0.29, 0.717) is 11.1 Å². The Morgan fingerprint density at radius 3 is 1.60 bits per heavy atom. The van der Waals surface area contributed by atoms with E-state index in [-0.39, 0.29) is 28.9 Å². The number of amides is 2. The molecule has 1 rings (SSSR count). The molecule has 1 heterocycles. The molecule has 0 aliphatic carbocycles. The number of piperidine rings is 1. The maximum Gasteiger partial charge on any atom is 0.249 e. The largest absolute Gasteiger partial charge is 0.349 e. The fourth-order valence-corrected chi connectivity index (χ4v) is 4.42. The van der Waals surface area contributed by atoms with Gasteiger partial charge in [0.25, 0.3) is 0 Å². The van der Waals surface area contributed by atoms with Crippen LogP contribution in [0.1, 0.15) is 80.1 Å². The highest BCUT2D eigenvalue weighted by molar-refractivity contribution is 5.94. The topological polar surface area (TPSA) is 49.4 Å². The lowest BCUT2D eigenvalue weighted by Crippen LogP contribution is -2.69. The van der Waals surface area contributed by atoms with E-state index in [1.807, 2.05) is 0 Å². The summed E-state index contributed by atoms with van der Waals surface area (Å²) in [6.45, 7) is 19.8. The van der Waals surface area contributed by atoms with Crippen molar-refractivity contribution in [1.82, 2.24) is 10.2 Å². The van der Waals surface area contributed by atoms with Crippen molar-refractivity contribution in [3.63, 3.8) is 0 Å². The third-order valence-electron chi connectivity index (χ3n) is 6.12. The number of carbonyl (C=O) groups is 2. The minimum absolute atomic E-state index is 0.0528. The number of likely N-dealkylation sites (tertiary alicyclic amines) is 1. The molecule has 0 radical (unpaired) electrons. The molecule has 1 aliphatic rings. The molecule has 0 unspecified atom stereocenters. The van der Waals surface area contributed by atoms with E-state index >= 15 is 0 Å². The molecule has 2 amide bonds. The Bertz CT molecular complexity index is 520. The average Bonchev–Trinajstić information content (AvgIpc) is 2.59. The molecule has 0 atom stereocenters. The third-order valence-corrected chi connectivity index (χ3v) is 6.12. The van der Waals surface area contributed by atoms with Gasteiger partial charge in [0.1, 0.15) is 0 Å². The molecule has 25 heavy (non-hydrogen) atoms. The van der Waals surface area contributed by atoms with Crippen LogP contribution in [-0.2, 0) is 9.59 Å². The molecule has 0 spiro atoms. The van der Waals surface area contributed by atoms with Gasteiger partial charge in [0.2, 0.25) is 11.8 Å². The Kier molecular flexibility index (Phi) is 7.04. The average molecular weight is 349 g/mol. The summed E-state index contributed by atoms with van der Waals surface area (Å²) >= 11 is 0. The van der Waals surface area contributed by atoms with Crippen molar-refractivity contribution in [1.29, 1.82) is 0 Å². The summed E-state index contributed by atoms with van der Waals surface area (Å²) in [4.78, 5) is 27.5. The number of rotatable bonds is 7. The van der Waals surface area contributed by atoms with E-state index in [2.05, 4.69) is 51.1 Å². The maximum absolute atomic E-state index is 13.1. The number of nitrogens with zero attached hydrogens (tertiary/aromatic N) is 1. The molecular formula is C21H36N2O2. The van der Waals surface area contributed by atoms with E-state index in [1.54, 1.807) is 13.8 Å². The van der Waals surface area contributed by atoms with Gasteiger partial charge in [0.15, 0.2) is 0 Å². The van der Waals surface area contributed by atoms with Crippen LogP contribution in [0.3, 0.4) is 0 Å². The minimum Gasteiger partial charge on any atom is -0.349 e. The van der Waals surface area contributed by atoms with Crippen molar-refractivity contribution in [3.8, 4) is 0 Å². The summed E-state index contributed by atoms with van der Waals surface area (Å²) in [5.74, 6) is -0.0380. The van der Waals surface area contributed by atoms with Crippen LogP contribution in [0.25, 0.3) is 0 Å². The summed E-state index contributed by atoms with van der Waals surface area (Å²) in [6.07, 6.45) is 5.01. The van der Waals surface area contributed by atoms with Crippen molar-refractivity contribution in [2.45, 2.75) is 97.2 Å². The Balaban J connectivity index is 3.41. The standard InChI is InChI=1S/C21H36N2O2/c1-9-20(10-2)13-17(22-18(24)15(5)6)14-21(11-3,12-4)23(20)19(25)16(7)8/h17H,5,7,9-14H2,1-4,6,8H3,(H,22,24). The van der Waals surface area contributed by atoms with E-state index in [4.69, 9.17) is 0 Å². The van der Waals surface area contributed by atoms with Crippen LogP contribution >= 0.6 is 0 Å². The van der Waals surface area contributed by atoms with Crippen molar-refractivity contribution < 1.29 is 9.59 Å². The summed E-state index contributed by atoms with van der Waals surface area (Å²) < 4.78 is 0. The fraction of sp³-hybridized carbons (Fsp3) is 0.714. The normalized spacial score (nSPS) is 19.4. The highest BCUT2D eigenvalue weighted by atomic mass is 16.2. The maximum atomic E-state index is 13.1. The van der Waals surface area contributed by atoms with E-state index < -0.39 is 0 Å². The van der Waals surface area contributed by atoms with Crippen molar-refractivity contribution in [2.75, 3.05) is 0 Å². The highest BCUT2D eigenvalue weighted by Crippen LogP contribution is 2.46. The zero-order valence-electron chi connectivity index (χ0n) is 17.0. The fourth-order valence-electron chi connectivity index (χ4n) is 4.42. The second-order valence-corrected chi connectivity index (χ2v) is 7.64. The van der Waals surface area contributed by atoms with Gasteiger partial charge in [0, 0.05) is 28.3 Å². The zero-order chi connectivity index (χ0) is 19.4. The molecule has 0 saturated carbocycles. The Hall–Kier alpha value is -1.58. The molecule has 1 aliphatic heterocycles. The molecule has 0 aromatic rings. The summed E-state index contributed by atoms with van der Waals surface area (Å²) in [5, 5.41) is 3.15. The van der Waals surface area contributed by atoms with Crippen molar-refractivity contribution in [3.05, 3.63) is 24.3 Å². The van der Waals surface area contributed by atoms with Gasteiger partial charge >= 0.3 is 0 Å². The molecule has 1 N–H and O–H groups in total. The first kappa shape index (κ1) is 21.5. The first-order valence-corrected chi connectivity index (χ1v) is 9.59. The number of nitrogens with one attached hydrogen (secondary N) is 1. The minimum atomic E-state index is -0.257. The predicted octanol–water partition coefficient (Wildman–Crippen LogP) is 4.36. The molecule has 4 heteroatoms. The molecule has 0 aromatic heterocycles. The second-order valence-electron chi connectivity index (χ2n) is 7.64. The van der Waals surface area contributed by atoms with Crippen LogP contribution in [0.2, 0.25) is 0 Å². The predicted molar refractivity (Wildman–Crippen MR) is 104 cm³/mol. The number of carbonyl (C=O) groups excluding carboxylic acids is 2. The SMILES string of the molecule is C=C(C)C(=O)NC1CC(CC)(CC)N(C(=O)C(=C)C)C(CC)(CC)C1. The van der Waals surface area contributed by atoms with Gasteiger partial charge in [-0.25, -0.2) is 0 Å². The van der Waals surface area contributed by atoms with Crippen LogP contribution in [0.4, 0.5) is 0 Å². The van der Waals surface area contributed by atoms with Gasteiger partial charge < -0.3 is 10.2 Å². The van der Waals surface area contributed by atoms with Gasteiger partial charge in [0.05, 0.1) is 0 Å². The molecular weight excluding hydrogens is 312 g/mol. The zero-order valence-corrected chi connectivity index (χ0v) is 17.0. The Labute approximate surface area is 153 Å². The third kappa shape index (κ3) is 3.99. The monoisotopic (exact) mass is 348 g/mol. The molecule has 0 bridgehead atoms. The Morgan fingerprint density at radius 2 is 1.32 bits per heavy atom. The van der Waals surface area contributed by atoms with Crippen LogP contribution in [0.5, 0.6) is 0 Å². The molecule has 0 aromatic carbocycles. The molecule has 4 nitrogen and oxygen atoms in total. The molecule has 1 fully saturated rings. The van der Waals surface area contributed by atoms with Gasteiger partial charge in [-0.05, 0) is 52.4 Å². The first-order chi connectivity index (χ1) is 11.6. The summed E-state index contributed by atoms with van der Waals surface area (Å²) in [7, 11) is 0. The first-order valence-electron chi connectivity index (χ1n) is 9.59. The van der Waals surface area contributed by atoms with Crippen LogP contribution < -0.4 is 5.32 Å². The van der Waals surface area contributed by atoms with Crippen LogP contribution in [0.15, 0.2) is 24.3 Å². The van der Waals surface area contributed by atoms with Gasteiger partial charge in [-0.2, -0.15) is 0 Å². The van der Waals surface area contributed by atoms with Crippen molar-refractivity contribution in [2.24, 2.45) is 0 Å². The summed E-state index contributed by atoms with van der Waals surface area (Å²) in [6, 6.07) is 0.0539. The van der Waals surface area contributed by atoms with E-state index in [0.717, 1.165) is 38.5 Å². The lowest BCUT2D eigenvalue weighted by Gasteiger charge is -2.60. The second kappa shape index (κ2) is 8.20. The van der Waals surface area contributed by atoms with Gasteiger partial charge in [-0.15, -0.1) is 0 Å². The highest BCUT2D eigenvalue weighted by Gasteiger charge is 2.53. The van der Waals surface area contributed by atoms with E-state index in [9.17, 15) is 9.59 Å². The summed E-state index contributed by atoms with van der Waals surface area (Å²) in [5.41, 5.74) is 0.598. The quantitative estimate of drug-likeness (QED) is 0.695. The molecule has 1 saturated heterocycles. The number of hydrogen-bond donors (Lipinski definition) is 1. The van der Waals surface area contributed by atoms with Crippen molar-refractivity contribution >= 4 is 11.8 Å². The van der Waals surface area contributed by atoms with Gasteiger partial charge in [-0.3, -0.25) is 9.59 Å².